The summed E-state index contributed by atoms with van der Waals surface area (Å²) in [5.74, 6) is 0.398. The molecule has 3 rings (SSSR count). The van der Waals surface area contributed by atoms with Gasteiger partial charge >= 0.3 is 0 Å². The van der Waals surface area contributed by atoms with Gasteiger partial charge in [-0.3, -0.25) is 9.59 Å². The lowest BCUT2D eigenvalue weighted by Gasteiger charge is -2.36. The van der Waals surface area contributed by atoms with Crippen molar-refractivity contribution in [2.24, 2.45) is 11.7 Å². The van der Waals surface area contributed by atoms with Crippen LogP contribution in [0.3, 0.4) is 0 Å². The van der Waals surface area contributed by atoms with Crippen molar-refractivity contribution >= 4 is 11.8 Å². The lowest BCUT2D eigenvalue weighted by atomic mass is 10.0. The van der Waals surface area contributed by atoms with E-state index in [2.05, 4.69) is 12.1 Å². The minimum atomic E-state index is -0.00637. The smallest absolute Gasteiger partial charge is 0.227 e. The second-order valence-electron chi connectivity index (χ2n) is 7.25. The van der Waals surface area contributed by atoms with Crippen molar-refractivity contribution in [3.63, 3.8) is 0 Å². The molecular formula is C20H29N3O2. The van der Waals surface area contributed by atoms with E-state index in [9.17, 15) is 9.59 Å². The topological polar surface area (TPSA) is 66.6 Å². The molecule has 0 spiro atoms. The van der Waals surface area contributed by atoms with Gasteiger partial charge in [0.2, 0.25) is 11.8 Å². The Labute approximate surface area is 150 Å². The highest BCUT2D eigenvalue weighted by molar-refractivity contribution is 5.81. The zero-order valence-electron chi connectivity index (χ0n) is 14.9. The van der Waals surface area contributed by atoms with Gasteiger partial charge in [0, 0.05) is 38.6 Å². The van der Waals surface area contributed by atoms with Gasteiger partial charge in [-0.25, -0.2) is 0 Å². The predicted octanol–water partition coefficient (Wildman–Crippen LogP) is 1.81. The first kappa shape index (κ1) is 17.9. The molecular weight excluding hydrogens is 314 g/mol. The van der Waals surface area contributed by atoms with Crippen LogP contribution in [0.1, 0.15) is 37.7 Å². The van der Waals surface area contributed by atoms with E-state index < -0.39 is 0 Å². The monoisotopic (exact) mass is 343 g/mol. The summed E-state index contributed by atoms with van der Waals surface area (Å²) >= 11 is 0. The van der Waals surface area contributed by atoms with Gasteiger partial charge in [0.1, 0.15) is 0 Å². The van der Waals surface area contributed by atoms with Gasteiger partial charge in [0.25, 0.3) is 0 Å². The molecule has 25 heavy (non-hydrogen) atoms. The zero-order chi connectivity index (χ0) is 17.6. The quantitative estimate of drug-likeness (QED) is 0.887. The van der Waals surface area contributed by atoms with Crippen molar-refractivity contribution in [2.75, 3.05) is 26.2 Å². The number of hydrogen-bond acceptors (Lipinski definition) is 3. The van der Waals surface area contributed by atoms with E-state index in [4.69, 9.17) is 5.73 Å². The van der Waals surface area contributed by atoms with Crippen LogP contribution in [0.2, 0.25) is 0 Å². The summed E-state index contributed by atoms with van der Waals surface area (Å²) in [5, 5.41) is 0. The summed E-state index contributed by atoms with van der Waals surface area (Å²) in [5.41, 5.74) is 7.33. The number of hydrogen-bond donors (Lipinski definition) is 1. The molecule has 5 nitrogen and oxygen atoms in total. The average molecular weight is 343 g/mol. The molecule has 2 fully saturated rings. The molecule has 0 bridgehead atoms. The normalized spacial score (nSPS) is 23.7. The minimum absolute atomic E-state index is 0.00637. The summed E-state index contributed by atoms with van der Waals surface area (Å²) in [6.45, 7) is 2.59. The maximum absolute atomic E-state index is 12.6. The molecule has 0 unspecified atom stereocenters. The third-order valence-corrected chi connectivity index (χ3v) is 5.53. The van der Waals surface area contributed by atoms with Crippen molar-refractivity contribution in [3.05, 3.63) is 35.9 Å². The Kier molecular flexibility index (Phi) is 6.08. The van der Waals surface area contributed by atoms with Gasteiger partial charge in [0.05, 0.1) is 5.92 Å². The van der Waals surface area contributed by atoms with Crippen molar-refractivity contribution < 1.29 is 9.59 Å². The Morgan fingerprint density at radius 3 is 2.32 bits per heavy atom. The molecule has 1 heterocycles. The standard InChI is InChI=1S/C20H29N3O2/c21-18-10-5-9-17(18)20(25)23-14-12-22(13-15-23)19(24)11-4-8-16-6-2-1-3-7-16/h1-3,6-7,17-18H,4-5,8-15,21H2/t17-,18-/m1/s1. The first-order chi connectivity index (χ1) is 12.1. The lowest BCUT2D eigenvalue weighted by molar-refractivity contribution is -0.142. The van der Waals surface area contributed by atoms with Crippen LogP contribution in [-0.2, 0) is 16.0 Å². The molecule has 1 aliphatic carbocycles. The molecule has 2 N–H and O–H groups in total. The fraction of sp³-hybridized carbons (Fsp3) is 0.600. The largest absolute Gasteiger partial charge is 0.339 e. The lowest BCUT2D eigenvalue weighted by Crippen LogP contribution is -2.53. The average Bonchev–Trinajstić information content (AvgIpc) is 3.08. The van der Waals surface area contributed by atoms with E-state index in [-0.39, 0.29) is 23.8 Å². The highest BCUT2D eigenvalue weighted by atomic mass is 16.2. The molecule has 1 saturated heterocycles. The van der Waals surface area contributed by atoms with Crippen LogP contribution >= 0.6 is 0 Å². The Morgan fingerprint density at radius 2 is 1.68 bits per heavy atom. The van der Waals surface area contributed by atoms with Crippen LogP contribution in [0.25, 0.3) is 0 Å². The Hall–Kier alpha value is -1.88. The minimum Gasteiger partial charge on any atom is -0.339 e. The first-order valence-electron chi connectivity index (χ1n) is 9.51. The number of amides is 2. The fourth-order valence-electron chi connectivity index (χ4n) is 3.95. The number of aryl methyl sites for hydroxylation is 1. The molecule has 1 aliphatic heterocycles. The third-order valence-electron chi connectivity index (χ3n) is 5.53. The number of benzene rings is 1. The van der Waals surface area contributed by atoms with Crippen molar-refractivity contribution in [1.82, 2.24) is 9.80 Å². The van der Waals surface area contributed by atoms with Gasteiger partial charge in [-0.1, -0.05) is 36.8 Å². The van der Waals surface area contributed by atoms with Gasteiger partial charge in [-0.15, -0.1) is 0 Å². The molecule has 136 valence electrons. The molecule has 1 saturated carbocycles. The Bertz CT molecular complexity index is 582. The van der Waals surface area contributed by atoms with Crippen LogP contribution in [0.15, 0.2) is 30.3 Å². The van der Waals surface area contributed by atoms with Crippen LogP contribution in [-0.4, -0.2) is 53.8 Å². The van der Waals surface area contributed by atoms with E-state index in [1.165, 1.54) is 5.56 Å². The Balaban J connectivity index is 1.39. The van der Waals surface area contributed by atoms with Crippen LogP contribution in [0.5, 0.6) is 0 Å². The van der Waals surface area contributed by atoms with E-state index in [1.54, 1.807) is 0 Å². The molecule has 2 amide bonds. The summed E-state index contributed by atoms with van der Waals surface area (Å²) < 4.78 is 0. The SMILES string of the molecule is N[C@@H]1CCC[C@H]1C(=O)N1CCN(C(=O)CCCc2ccccc2)CC1. The molecule has 2 atom stereocenters. The predicted molar refractivity (Wildman–Crippen MR) is 97.9 cm³/mol. The number of carbonyl (C=O) groups excluding carboxylic acids is 2. The van der Waals surface area contributed by atoms with Crippen LogP contribution < -0.4 is 5.73 Å². The van der Waals surface area contributed by atoms with Gasteiger partial charge in [-0.2, -0.15) is 0 Å². The molecule has 1 aromatic rings. The summed E-state index contributed by atoms with van der Waals surface area (Å²) in [7, 11) is 0. The number of nitrogens with zero attached hydrogens (tertiary/aromatic N) is 2. The van der Waals surface area contributed by atoms with Crippen LogP contribution in [0, 0.1) is 5.92 Å². The maximum Gasteiger partial charge on any atom is 0.227 e. The molecule has 2 aliphatic rings. The van der Waals surface area contributed by atoms with Crippen molar-refractivity contribution in [3.8, 4) is 0 Å². The van der Waals surface area contributed by atoms with E-state index in [0.717, 1.165) is 32.1 Å². The van der Waals surface area contributed by atoms with Crippen molar-refractivity contribution in [1.29, 1.82) is 0 Å². The molecule has 0 aromatic heterocycles. The summed E-state index contributed by atoms with van der Waals surface area (Å²) in [4.78, 5) is 28.7. The Morgan fingerprint density at radius 1 is 1.00 bits per heavy atom. The number of rotatable bonds is 5. The number of nitrogens with two attached hydrogens (primary N) is 1. The van der Waals surface area contributed by atoms with E-state index >= 15 is 0 Å². The maximum atomic E-state index is 12.6. The number of carbonyl (C=O) groups is 2. The van der Waals surface area contributed by atoms with E-state index in [1.807, 2.05) is 28.0 Å². The fourth-order valence-corrected chi connectivity index (χ4v) is 3.95. The summed E-state index contributed by atoms with van der Waals surface area (Å²) in [6, 6.07) is 10.3. The number of piperazine rings is 1. The highest BCUT2D eigenvalue weighted by Crippen LogP contribution is 2.26. The molecule has 0 radical (unpaired) electrons. The second-order valence-corrected chi connectivity index (χ2v) is 7.25. The van der Waals surface area contributed by atoms with Gasteiger partial charge in [0.15, 0.2) is 0 Å². The summed E-state index contributed by atoms with van der Waals surface area (Å²) in [6.07, 6.45) is 5.31. The van der Waals surface area contributed by atoms with Crippen molar-refractivity contribution in [2.45, 2.75) is 44.6 Å². The zero-order valence-corrected chi connectivity index (χ0v) is 14.9. The van der Waals surface area contributed by atoms with E-state index in [0.29, 0.717) is 32.6 Å². The molecule has 5 heteroatoms. The first-order valence-corrected chi connectivity index (χ1v) is 9.51. The highest BCUT2D eigenvalue weighted by Gasteiger charge is 2.34. The third kappa shape index (κ3) is 4.60. The molecule has 1 aromatic carbocycles. The van der Waals surface area contributed by atoms with Crippen LogP contribution in [0.4, 0.5) is 0 Å². The van der Waals surface area contributed by atoms with Gasteiger partial charge in [-0.05, 0) is 31.2 Å². The van der Waals surface area contributed by atoms with Gasteiger partial charge < -0.3 is 15.5 Å². The second kappa shape index (κ2) is 8.48.